The van der Waals surface area contributed by atoms with E-state index in [0.717, 1.165) is 42.0 Å². The van der Waals surface area contributed by atoms with Crippen LogP contribution in [-0.2, 0) is 19.4 Å². The van der Waals surface area contributed by atoms with Gasteiger partial charge in [0.15, 0.2) is 11.5 Å². The van der Waals surface area contributed by atoms with Gasteiger partial charge in [0.25, 0.3) is 0 Å². The first-order valence-corrected chi connectivity index (χ1v) is 9.64. The Labute approximate surface area is 171 Å². The average molecular weight is 391 g/mol. The highest BCUT2D eigenvalue weighted by atomic mass is 16.5. The molecule has 5 nitrogen and oxygen atoms in total. The van der Waals surface area contributed by atoms with Crippen molar-refractivity contribution in [3.8, 4) is 28.7 Å². The number of rotatable bonds is 6. The zero-order valence-electron chi connectivity index (χ0n) is 17.0. The van der Waals surface area contributed by atoms with Crippen molar-refractivity contribution >= 4 is 5.69 Å². The van der Waals surface area contributed by atoms with Crippen LogP contribution in [0.2, 0.25) is 0 Å². The normalized spacial score (nSPS) is 12.1. The summed E-state index contributed by atoms with van der Waals surface area (Å²) < 4.78 is 22.9. The zero-order chi connectivity index (χ0) is 20.2. The molecule has 0 amide bonds. The third-order valence-electron chi connectivity index (χ3n) is 5.14. The second-order valence-electron chi connectivity index (χ2n) is 6.90. The smallest absolute Gasteiger partial charge is 0.208 e. The summed E-state index contributed by atoms with van der Waals surface area (Å²) in [5, 5.41) is 3.49. The van der Waals surface area contributed by atoms with Gasteiger partial charge in [0, 0.05) is 17.8 Å². The lowest BCUT2D eigenvalue weighted by Gasteiger charge is -2.18. The molecular weight excluding hydrogens is 366 g/mol. The zero-order valence-corrected chi connectivity index (χ0v) is 17.0. The third-order valence-corrected chi connectivity index (χ3v) is 5.14. The summed E-state index contributed by atoms with van der Waals surface area (Å²) in [5.41, 5.74) is 4.51. The van der Waals surface area contributed by atoms with Crippen molar-refractivity contribution in [2.45, 2.75) is 19.4 Å². The molecule has 0 radical (unpaired) electrons. The molecule has 0 unspecified atom stereocenters. The van der Waals surface area contributed by atoms with Gasteiger partial charge in [0.1, 0.15) is 5.75 Å². The van der Waals surface area contributed by atoms with Gasteiger partial charge in [-0.25, -0.2) is 0 Å². The van der Waals surface area contributed by atoms with E-state index in [9.17, 15) is 0 Å². The number of aryl methyl sites for hydroxylation is 2. The number of hydrogen-bond acceptors (Lipinski definition) is 5. The molecule has 5 heteroatoms. The Morgan fingerprint density at radius 2 is 1.59 bits per heavy atom. The molecule has 0 aromatic heterocycles. The van der Waals surface area contributed by atoms with Crippen molar-refractivity contribution in [2.75, 3.05) is 26.6 Å². The van der Waals surface area contributed by atoms with E-state index in [1.165, 1.54) is 5.56 Å². The Hall–Kier alpha value is -3.34. The molecule has 1 aliphatic heterocycles. The topological polar surface area (TPSA) is 49.0 Å². The fraction of sp³-hybridized carbons (Fsp3) is 0.250. The van der Waals surface area contributed by atoms with Gasteiger partial charge in [0.05, 0.1) is 21.3 Å². The third kappa shape index (κ3) is 3.81. The van der Waals surface area contributed by atoms with E-state index in [-0.39, 0.29) is 0 Å². The predicted molar refractivity (Wildman–Crippen MR) is 114 cm³/mol. The summed E-state index contributed by atoms with van der Waals surface area (Å²) in [7, 11) is 4.84. The summed E-state index contributed by atoms with van der Waals surface area (Å²) >= 11 is 0. The first kappa shape index (κ1) is 19.0. The van der Waals surface area contributed by atoms with E-state index in [1.807, 2.05) is 24.3 Å². The summed E-state index contributed by atoms with van der Waals surface area (Å²) in [6.45, 7) is 0.781. The Balaban J connectivity index is 1.62. The van der Waals surface area contributed by atoms with Gasteiger partial charge in [-0.05, 0) is 48.2 Å². The van der Waals surface area contributed by atoms with Crippen molar-refractivity contribution in [1.29, 1.82) is 0 Å². The molecule has 0 aliphatic carbocycles. The van der Waals surface area contributed by atoms with Crippen LogP contribution in [-0.4, -0.2) is 21.3 Å². The molecule has 0 bridgehead atoms. The molecule has 1 N–H and O–H groups in total. The molecule has 0 saturated heterocycles. The van der Waals surface area contributed by atoms with Crippen LogP contribution in [0.25, 0.3) is 0 Å². The van der Waals surface area contributed by atoms with Crippen LogP contribution in [0, 0.1) is 0 Å². The average Bonchev–Trinajstić information content (AvgIpc) is 2.95. The fourth-order valence-electron chi connectivity index (χ4n) is 3.64. The van der Waals surface area contributed by atoms with Crippen LogP contribution >= 0.6 is 0 Å². The van der Waals surface area contributed by atoms with Crippen molar-refractivity contribution in [3.63, 3.8) is 0 Å². The highest BCUT2D eigenvalue weighted by molar-refractivity contribution is 5.65. The molecule has 0 atom stereocenters. The maximum absolute atomic E-state index is 6.30. The van der Waals surface area contributed by atoms with Crippen LogP contribution < -0.4 is 24.3 Å². The number of anilines is 1. The summed E-state index contributed by atoms with van der Waals surface area (Å²) in [6.07, 6.45) is 1.68. The number of methoxy groups -OCH3 is 3. The Morgan fingerprint density at radius 1 is 0.828 bits per heavy atom. The monoisotopic (exact) mass is 391 g/mol. The van der Waals surface area contributed by atoms with Crippen LogP contribution in [0.3, 0.4) is 0 Å². The molecule has 3 aromatic rings. The Morgan fingerprint density at radius 3 is 2.31 bits per heavy atom. The Kier molecular flexibility index (Phi) is 5.47. The van der Waals surface area contributed by atoms with Crippen LogP contribution in [0.1, 0.15) is 16.7 Å². The number of ether oxygens (including phenoxy) is 4. The predicted octanol–water partition coefficient (Wildman–Crippen LogP) is 5.22. The SMILES string of the molecule is COc1cc2c(c(OC)c1OC)Oc1ccc(NCc3ccccc3)cc1CC2. The molecule has 29 heavy (non-hydrogen) atoms. The van der Waals surface area contributed by atoms with Crippen molar-refractivity contribution in [2.24, 2.45) is 0 Å². The lowest BCUT2D eigenvalue weighted by Crippen LogP contribution is -2.00. The van der Waals surface area contributed by atoms with E-state index in [2.05, 4.69) is 35.6 Å². The van der Waals surface area contributed by atoms with Gasteiger partial charge in [-0.3, -0.25) is 0 Å². The second kappa shape index (κ2) is 8.35. The molecule has 0 saturated carbocycles. The van der Waals surface area contributed by atoms with E-state index in [4.69, 9.17) is 18.9 Å². The summed E-state index contributed by atoms with van der Waals surface area (Å²) in [5.74, 6) is 3.26. The number of nitrogens with one attached hydrogen (secondary N) is 1. The lowest BCUT2D eigenvalue weighted by atomic mass is 10.0. The Bertz CT molecular complexity index is 1000. The van der Waals surface area contributed by atoms with Gasteiger partial charge in [-0.2, -0.15) is 0 Å². The first-order chi connectivity index (χ1) is 14.2. The van der Waals surface area contributed by atoms with Gasteiger partial charge >= 0.3 is 0 Å². The number of benzene rings is 3. The standard InChI is InChI=1S/C24H25NO4/c1-26-21-14-18-10-9-17-13-19(25-15-16-7-5-4-6-8-16)11-12-20(17)29-22(18)24(28-3)23(21)27-2/h4-8,11-14,25H,9-10,15H2,1-3H3. The molecule has 1 aliphatic rings. The van der Waals surface area contributed by atoms with Gasteiger partial charge in [-0.1, -0.05) is 30.3 Å². The van der Waals surface area contributed by atoms with E-state index < -0.39 is 0 Å². The first-order valence-electron chi connectivity index (χ1n) is 9.64. The van der Waals surface area contributed by atoms with Gasteiger partial charge in [0.2, 0.25) is 11.5 Å². The molecule has 0 fully saturated rings. The lowest BCUT2D eigenvalue weighted by molar-refractivity contribution is 0.312. The van der Waals surface area contributed by atoms with Crippen LogP contribution in [0.5, 0.6) is 28.7 Å². The van der Waals surface area contributed by atoms with Crippen LogP contribution in [0.15, 0.2) is 54.6 Å². The van der Waals surface area contributed by atoms with Crippen molar-refractivity contribution in [1.82, 2.24) is 0 Å². The number of hydrogen-bond donors (Lipinski definition) is 1. The molecule has 0 spiro atoms. The minimum atomic E-state index is 0.540. The van der Waals surface area contributed by atoms with Crippen LogP contribution in [0.4, 0.5) is 5.69 Å². The largest absolute Gasteiger partial charge is 0.493 e. The number of fused-ring (bicyclic) bond motifs is 2. The fourth-order valence-corrected chi connectivity index (χ4v) is 3.64. The minimum Gasteiger partial charge on any atom is -0.493 e. The van der Waals surface area contributed by atoms with Crippen molar-refractivity contribution < 1.29 is 18.9 Å². The molecular formula is C24H25NO4. The van der Waals surface area contributed by atoms with E-state index in [0.29, 0.717) is 23.0 Å². The van der Waals surface area contributed by atoms with Gasteiger partial charge in [-0.15, -0.1) is 0 Å². The summed E-state index contributed by atoms with van der Waals surface area (Å²) in [6, 6.07) is 18.5. The quantitative estimate of drug-likeness (QED) is 0.625. The molecule has 3 aromatic carbocycles. The summed E-state index contributed by atoms with van der Waals surface area (Å²) in [4.78, 5) is 0. The maximum atomic E-state index is 6.30. The highest BCUT2D eigenvalue weighted by Gasteiger charge is 2.25. The minimum absolute atomic E-state index is 0.540. The van der Waals surface area contributed by atoms with E-state index >= 15 is 0 Å². The second-order valence-corrected chi connectivity index (χ2v) is 6.90. The molecule has 150 valence electrons. The van der Waals surface area contributed by atoms with E-state index in [1.54, 1.807) is 21.3 Å². The van der Waals surface area contributed by atoms with Crippen molar-refractivity contribution in [3.05, 3.63) is 71.3 Å². The molecule has 1 heterocycles. The van der Waals surface area contributed by atoms with Gasteiger partial charge < -0.3 is 24.3 Å². The molecule has 4 rings (SSSR count). The maximum Gasteiger partial charge on any atom is 0.208 e. The highest BCUT2D eigenvalue weighted by Crippen LogP contribution is 2.50.